The summed E-state index contributed by atoms with van der Waals surface area (Å²) in [7, 11) is 1.60. The predicted octanol–water partition coefficient (Wildman–Crippen LogP) is 2.88. The Morgan fingerprint density at radius 3 is 2.70 bits per heavy atom. The number of methoxy groups -OCH3 is 1. The van der Waals surface area contributed by atoms with Crippen molar-refractivity contribution in [3.8, 4) is 5.75 Å². The van der Waals surface area contributed by atoms with Crippen LogP contribution in [0.1, 0.15) is 21.5 Å². The minimum Gasteiger partial charge on any atom is -0.496 e. The summed E-state index contributed by atoms with van der Waals surface area (Å²) in [6.45, 7) is 2.06. The number of nitrogens with one attached hydrogen (secondary N) is 1. The molecule has 0 aliphatic rings. The van der Waals surface area contributed by atoms with Crippen molar-refractivity contribution in [3.05, 3.63) is 69.3 Å². The molecule has 0 heterocycles. The second kappa shape index (κ2) is 7.40. The lowest BCUT2D eigenvalue weighted by molar-refractivity contribution is -0.385. The minimum atomic E-state index is -0.485. The molecule has 2 aromatic carbocycles. The van der Waals surface area contributed by atoms with Gasteiger partial charge in [-0.15, -0.1) is 0 Å². The Morgan fingerprint density at radius 1 is 1.26 bits per heavy atom. The number of rotatable bonds is 6. The molecule has 0 unspecified atom stereocenters. The van der Waals surface area contributed by atoms with E-state index in [2.05, 4.69) is 5.32 Å². The highest BCUT2D eigenvalue weighted by molar-refractivity contribution is 5.95. The summed E-state index contributed by atoms with van der Waals surface area (Å²) in [4.78, 5) is 22.6. The summed E-state index contributed by atoms with van der Waals surface area (Å²) in [5.41, 5.74) is 1.75. The lowest BCUT2D eigenvalue weighted by Crippen LogP contribution is -2.25. The van der Waals surface area contributed by atoms with Crippen molar-refractivity contribution in [2.75, 3.05) is 13.7 Å². The summed E-state index contributed by atoms with van der Waals surface area (Å²) >= 11 is 0. The Kier molecular flexibility index (Phi) is 5.30. The van der Waals surface area contributed by atoms with Gasteiger partial charge >= 0.3 is 0 Å². The molecule has 1 N–H and O–H groups in total. The lowest BCUT2D eigenvalue weighted by atomic mass is 10.1. The second-order valence-corrected chi connectivity index (χ2v) is 5.08. The zero-order valence-electron chi connectivity index (χ0n) is 13.0. The number of amides is 1. The number of carbonyl (C=O) groups is 1. The first-order chi connectivity index (χ1) is 11.0. The van der Waals surface area contributed by atoms with Gasteiger partial charge in [0.1, 0.15) is 5.75 Å². The molecule has 0 aliphatic carbocycles. The standard InChI is InChI=1S/C17H18N2O4/c1-12-7-8-14(11-15(12)19(21)22)17(20)18-10-9-13-5-3-4-6-16(13)23-2/h3-8,11H,9-10H2,1-2H3,(H,18,20). The van der Waals surface area contributed by atoms with E-state index in [4.69, 9.17) is 4.74 Å². The van der Waals surface area contributed by atoms with E-state index in [9.17, 15) is 14.9 Å². The molecule has 0 atom stereocenters. The van der Waals surface area contributed by atoms with E-state index in [1.165, 1.54) is 6.07 Å². The fraction of sp³-hybridized carbons (Fsp3) is 0.235. The quantitative estimate of drug-likeness (QED) is 0.656. The third kappa shape index (κ3) is 4.06. The molecule has 0 saturated heterocycles. The number of nitro benzene ring substituents is 1. The molecule has 0 aliphatic heterocycles. The SMILES string of the molecule is COc1ccccc1CCNC(=O)c1ccc(C)c([N+](=O)[O-])c1. The van der Waals surface area contributed by atoms with Crippen LogP contribution in [0.25, 0.3) is 0 Å². The van der Waals surface area contributed by atoms with Crippen molar-refractivity contribution in [2.45, 2.75) is 13.3 Å². The molecule has 0 saturated carbocycles. The number of ether oxygens (including phenoxy) is 1. The van der Waals surface area contributed by atoms with Crippen LogP contribution in [0.15, 0.2) is 42.5 Å². The Balaban J connectivity index is 2.00. The molecule has 0 radical (unpaired) electrons. The maximum atomic E-state index is 12.1. The molecule has 0 spiro atoms. The Labute approximate surface area is 134 Å². The van der Waals surface area contributed by atoms with Gasteiger partial charge in [0.15, 0.2) is 0 Å². The maximum absolute atomic E-state index is 12.1. The molecule has 1 amide bonds. The highest BCUT2D eigenvalue weighted by atomic mass is 16.6. The van der Waals surface area contributed by atoms with Crippen LogP contribution in [0.5, 0.6) is 5.75 Å². The van der Waals surface area contributed by atoms with Crippen LogP contribution in [0, 0.1) is 17.0 Å². The molecular formula is C17H18N2O4. The molecule has 120 valence electrons. The van der Waals surface area contributed by atoms with Crippen LogP contribution in [0.3, 0.4) is 0 Å². The molecule has 0 bridgehead atoms. The number of hydrogen-bond donors (Lipinski definition) is 1. The molecule has 23 heavy (non-hydrogen) atoms. The smallest absolute Gasteiger partial charge is 0.273 e. The van der Waals surface area contributed by atoms with Crippen molar-refractivity contribution in [2.24, 2.45) is 0 Å². The summed E-state index contributed by atoms with van der Waals surface area (Å²) in [6.07, 6.45) is 0.615. The number of aryl methyl sites for hydroxylation is 1. The van der Waals surface area contributed by atoms with Crippen LogP contribution < -0.4 is 10.1 Å². The van der Waals surface area contributed by atoms with Crippen LogP contribution in [-0.4, -0.2) is 24.5 Å². The molecule has 2 rings (SSSR count). The van der Waals surface area contributed by atoms with Gasteiger partial charge in [-0.2, -0.15) is 0 Å². The monoisotopic (exact) mass is 314 g/mol. The van der Waals surface area contributed by atoms with Crippen molar-refractivity contribution >= 4 is 11.6 Å². The third-order valence-electron chi connectivity index (χ3n) is 3.54. The van der Waals surface area contributed by atoms with Crippen molar-refractivity contribution in [1.82, 2.24) is 5.32 Å². The van der Waals surface area contributed by atoms with Crippen LogP contribution in [0.2, 0.25) is 0 Å². The zero-order valence-corrected chi connectivity index (χ0v) is 13.0. The van der Waals surface area contributed by atoms with Gasteiger partial charge in [-0.1, -0.05) is 24.3 Å². The van der Waals surface area contributed by atoms with Gasteiger partial charge in [0.05, 0.1) is 12.0 Å². The van der Waals surface area contributed by atoms with Crippen molar-refractivity contribution < 1.29 is 14.5 Å². The average molecular weight is 314 g/mol. The van der Waals surface area contributed by atoms with Gasteiger partial charge in [-0.25, -0.2) is 0 Å². The molecular weight excluding hydrogens is 296 g/mol. The van der Waals surface area contributed by atoms with Gasteiger partial charge in [0, 0.05) is 23.7 Å². The number of carbonyl (C=O) groups excluding carboxylic acids is 1. The summed E-state index contributed by atoms with van der Waals surface area (Å²) in [6, 6.07) is 12.0. The largest absolute Gasteiger partial charge is 0.496 e. The number of para-hydroxylation sites is 1. The van der Waals surface area contributed by atoms with E-state index in [-0.39, 0.29) is 17.2 Å². The zero-order chi connectivity index (χ0) is 16.8. The van der Waals surface area contributed by atoms with E-state index in [1.807, 2.05) is 24.3 Å². The van der Waals surface area contributed by atoms with Gasteiger partial charge in [-0.05, 0) is 31.0 Å². The fourth-order valence-electron chi connectivity index (χ4n) is 2.27. The predicted molar refractivity (Wildman–Crippen MR) is 86.9 cm³/mol. The molecule has 0 aromatic heterocycles. The molecule has 0 fully saturated rings. The molecule has 6 nitrogen and oxygen atoms in total. The first-order valence-electron chi connectivity index (χ1n) is 7.18. The molecule has 6 heteroatoms. The summed E-state index contributed by atoms with van der Waals surface area (Å²) < 4.78 is 5.26. The number of hydrogen-bond acceptors (Lipinski definition) is 4. The highest BCUT2D eigenvalue weighted by Gasteiger charge is 2.14. The van der Waals surface area contributed by atoms with E-state index < -0.39 is 4.92 Å². The minimum absolute atomic E-state index is 0.0534. The van der Waals surface area contributed by atoms with Crippen molar-refractivity contribution in [1.29, 1.82) is 0 Å². The normalized spacial score (nSPS) is 10.2. The van der Waals surface area contributed by atoms with E-state index in [0.717, 1.165) is 11.3 Å². The Morgan fingerprint density at radius 2 is 2.00 bits per heavy atom. The second-order valence-electron chi connectivity index (χ2n) is 5.08. The van der Waals surface area contributed by atoms with E-state index >= 15 is 0 Å². The lowest BCUT2D eigenvalue weighted by Gasteiger charge is -2.09. The van der Waals surface area contributed by atoms with Crippen molar-refractivity contribution in [3.63, 3.8) is 0 Å². The van der Waals surface area contributed by atoms with Gasteiger partial charge in [0.2, 0.25) is 0 Å². The third-order valence-corrected chi connectivity index (χ3v) is 3.54. The maximum Gasteiger partial charge on any atom is 0.273 e. The van der Waals surface area contributed by atoms with Gasteiger partial charge in [-0.3, -0.25) is 14.9 Å². The fourth-order valence-corrected chi connectivity index (χ4v) is 2.27. The summed E-state index contributed by atoms with van der Waals surface area (Å²) in [5, 5.41) is 13.7. The topological polar surface area (TPSA) is 81.5 Å². The van der Waals surface area contributed by atoms with E-state index in [1.54, 1.807) is 26.2 Å². The summed E-state index contributed by atoms with van der Waals surface area (Å²) in [5.74, 6) is 0.440. The number of nitrogens with zero attached hydrogens (tertiary/aromatic N) is 1. The van der Waals surface area contributed by atoms with Crippen LogP contribution >= 0.6 is 0 Å². The van der Waals surface area contributed by atoms with Gasteiger partial charge < -0.3 is 10.1 Å². The average Bonchev–Trinajstić information content (AvgIpc) is 2.55. The van der Waals surface area contributed by atoms with E-state index in [0.29, 0.717) is 18.5 Å². The Hall–Kier alpha value is -2.89. The molecule has 2 aromatic rings. The number of nitro groups is 1. The first kappa shape index (κ1) is 16.5. The highest BCUT2D eigenvalue weighted by Crippen LogP contribution is 2.19. The first-order valence-corrected chi connectivity index (χ1v) is 7.18. The van der Waals surface area contributed by atoms with Gasteiger partial charge in [0.25, 0.3) is 11.6 Å². The Bertz CT molecular complexity index is 728. The van der Waals surface area contributed by atoms with Crippen LogP contribution in [-0.2, 0) is 6.42 Å². The van der Waals surface area contributed by atoms with Crippen LogP contribution in [0.4, 0.5) is 5.69 Å². The number of benzene rings is 2.